The number of benzene rings is 1. The fourth-order valence-electron chi connectivity index (χ4n) is 3.98. The molecule has 1 aliphatic heterocycles. The lowest BCUT2D eigenvalue weighted by Crippen LogP contribution is -2.36. The summed E-state index contributed by atoms with van der Waals surface area (Å²) < 4.78 is 34.2. The monoisotopic (exact) mass is 441 g/mol. The number of H-pyrrole nitrogens is 1. The van der Waals surface area contributed by atoms with Gasteiger partial charge in [0.2, 0.25) is 0 Å². The number of carbonyl (C=O) groups excluding carboxylic acids is 1. The molecule has 3 heterocycles. The van der Waals surface area contributed by atoms with E-state index in [9.17, 15) is 13.6 Å². The molecule has 1 amide bonds. The molecule has 1 aliphatic rings. The summed E-state index contributed by atoms with van der Waals surface area (Å²) in [4.78, 5) is 22.1. The van der Waals surface area contributed by atoms with E-state index in [1.165, 1.54) is 31.5 Å². The van der Waals surface area contributed by atoms with Crippen LogP contribution >= 0.6 is 0 Å². The van der Waals surface area contributed by atoms with Crippen molar-refractivity contribution in [3.8, 4) is 17.0 Å². The van der Waals surface area contributed by atoms with Crippen LogP contribution in [0.5, 0.6) is 5.75 Å². The lowest BCUT2D eigenvalue weighted by atomic mass is 9.93. The van der Waals surface area contributed by atoms with Gasteiger partial charge >= 0.3 is 0 Å². The Hall–Kier alpha value is -3.46. The van der Waals surface area contributed by atoms with Crippen molar-refractivity contribution >= 4 is 17.3 Å². The molecule has 168 valence electrons. The van der Waals surface area contributed by atoms with Crippen LogP contribution in [0.1, 0.15) is 28.4 Å². The van der Waals surface area contributed by atoms with Crippen LogP contribution in [-0.2, 0) is 0 Å². The first-order valence-corrected chi connectivity index (χ1v) is 10.3. The number of aromatic nitrogens is 2. The average Bonchev–Trinajstić information content (AvgIpc) is 3.13. The van der Waals surface area contributed by atoms with E-state index < -0.39 is 11.6 Å². The first kappa shape index (κ1) is 21.8. The number of fused-ring (bicyclic) bond motifs is 1. The van der Waals surface area contributed by atoms with E-state index in [1.807, 2.05) is 14.1 Å². The van der Waals surface area contributed by atoms with Gasteiger partial charge in [0.1, 0.15) is 0 Å². The predicted molar refractivity (Wildman–Crippen MR) is 118 cm³/mol. The number of aromatic amines is 1. The summed E-state index contributed by atoms with van der Waals surface area (Å²) in [5.74, 6) is -1.35. The van der Waals surface area contributed by atoms with Gasteiger partial charge in [-0.05, 0) is 45.3 Å². The van der Waals surface area contributed by atoms with Crippen molar-refractivity contribution in [2.24, 2.45) is 0 Å². The molecule has 7 nitrogen and oxygen atoms in total. The van der Waals surface area contributed by atoms with Crippen LogP contribution in [0.25, 0.3) is 11.3 Å². The maximum atomic E-state index is 14.7. The summed E-state index contributed by atoms with van der Waals surface area (Å²) in [6, 6.07) is 5.99. The van der Waals surface area contributed by atoms with E-state index in [2.05, 4.69) is 25.5 Å². The largest absolute Gasteiger partial charge is 0.492 e. The number of hydrogen-bond donors (Lipinski definition) is 3. The summed E-state index contributed by atoms with van der Waals surface area (Å²) >= 11 is 0. The highest BCUT2D eigenvalue weighted by Gasteiger charge is 2.33. The fourth-order valence-corrected chi connectivity index (χ4v) is 3.98. The van der Waals surface area contributed by atoms with E-state index in [-0.39, 0.29) is 23.1 Å². The van der Waals surface area contributed by atoms with Crippen LogP contribution in [0.3, 0.4) is 0 Å². The number of methoxy groups -OCH3 is 1. The molecule has 0 radical (unpaired) electrons. The molecule has 32 heavy (non-hydrogen) atoms. The molecule has 9 heteroatoms. The minimum atomic E-state index is -0.549. The number of nitrogens with one attached hydrogen (secondary N) is 3. The number of anilines is 2. The van der Waals surface area contributed by atoms with E-state index in [0.717, 1.165) is 24.9 Å². The molecule has 0 fully saturated rings. The molecule has 2 aromatic heterocycles. The Morgan fingerprint density at radius 2 is 2.06 bits per heavy atom. The van der Waals surface area contributed by atoms with Gasteiger partial charge in [0.25, 0.3) is 5.91 Å². The van der Waals surface area contributed by atoms with Crippen LogP contribution in [0, 0.1) is 11.6 Å². The lowest BCUT2D eigenvalue weighted by molar-refractivity contribution is 0.0939. The third-order valence-electron chi connectivity index (χ3n) is 5.57. The molecule has 0 bridgehead atoms. The van der Waals surface area contributed by atoms with Gasteiger partial charge in [0.05, 0.1) is 35.9 Å². The number of ether oxygens (including phenoxy) is 1. The first-order chi connectivity index (χ1) is 15.4. The maximum Gasteiger partial charge on any atom is 0.255 e. The molecule has 4 rings (SSSR count). The van der Waals surface area contributed by atoms with Crippen LogP contribution in [0.15, 0.2) is 36.7 Å². The van der Waals surface area contributed by atoms with Crippen molar-refractivity contribution in [3.63, 3.8) is 0 Å². The van der Waals surface area contributed by atoms with Crippen LogP contribution in [0.4, 0.5) is 20.2 Å². The van der Waals surface area contributed by atoms with Crippen molar-refractivity contribution in [1.29, 1.82) is 0 Å². The van der Waals surface area contributed by atoms with Crippen molar-refractivity contribution in [3.05, 3.63) is 59.6 Å². The normalized spacial score (nSPS) is 15.4. The summed E-state index contributed by atoms with van der Waals surface area (Å²) in [6.45, 7) is 1.29. The van der Waals surface area contributed by atoms with Crippen molar-refractivity contribution in [2.75, 3.05) is 39.6 Å². The van der Waals surface area contributed by atoms with Crippen LogP contribution in [-0.4, -0.2) is 55.1 Å². The van der Waals surface area contributed by atoms with Gasteiger partial charge in [-0.15, -0.1) is 0 Å². The number of hydrogen-bond acceptors (Lipinski definition) is 5. The van der Waals surface area contributed by atoms with Crippen molar-refractivity contribution in [1.82, 2.24) is 20.2 Å². The van der Waals surface area contributed by atoms with E-state index in [0.29, 0.717) is 29.2 Å². The molecule has 0 unspecified atom stereocenters. The number of pyridine rings is 1. The predicted octanol–water partition coefficient (Wildman–Crippen LogP) is 3.89. The Bertz CT molecular complexity index is 1150. The second-order valence-electron chi connectivity index (χ2n) is 7.96. The average molecular weight is 441 g/mol. The quantitative estimate of drug-likeness (QED) is 0.518. The van der Waals surface area contributed by atoms with Crippen molar-refractivity contribution < 1.29 is 18.3 Å². The Morgan fingerprint density at radius 1 is 1.25 bits per heavy atom. The molecule has 0 spiro atoms. The van der Waals surface area contributed by atoms with Gasteiger partial charge in [0, 0.05) is 29.9 Å². The van der Waals surface area contributed by atoms with Gasteiger partial charge in [-0.2, -0.15) is 0 Å². The summed E-state index contributed by atoms with van der Waals surface area (Å²) in [6.07, 6.45) is 3.39. The molecule has 3 aromatic rings. The zero-order valence-corrected chi connectivity index (χ0v) is 18.1. The third kappa shape index (κ3) is 4.03. The molecular formula is C23H25F2N5O2. The SMILES string of the molecule is COc1c(F)cccc1Nc1c(-c2ccncc2F)[nH]c2c1C(=O)NC[C@H]2CCN(C)C. The minimum Gasteiger partial charge on any atom is -0.492 e. The Kier molecular flexibility index (Phi) is 6.09. The van der Waals surface area contributed by atoms with Gasteiger partial charge in [-0.3, -0.25) is 9.78 Å². The minimum absolute atomic E-state index is 0.00368. The summed E-state index contributed by atoms with van der Waals surface area (Å²) in [5, 5.41) is 6.06. The Labute approximate surface area is 184 Å². The number of nitrogens with zero attached hydrogens (tertiary/aromatic N) is 2. The summed E-state index contributed by atoms with van der Waals surface area (Å²) in [7, 11) is 5.33. The highest BCUT2D eigenvalue weighted by Crippen LogP contribution is 2.42. The van der Waals surface area contributed by atoms with Crippen LogP contribution < -0.4 is 15.4 Å². The van der Waals surface area contributed by atoms with Crippen LogP contribution in [0.2, 0.25) is 0 Å². The fraction of sp³-hybridized carbons (Fsp3) is 0.304. The molecular weight excluding hydrogens is 416 g/mol. The molecule has 3 N–H and O–H groups in total. The van der Waals surface area contributed by atoms with E-state index >= 15 is 0 Å². The Morgan fingerprint density at radius 3 is 2.78 bits per heavy atom. The van der Waals surface area contributed by atoms with Crippen molar-refractivity contribution in [2.45, 2.75) is 12.3 Å². The zero-order valence-electron chi connectivity index (χ0n) is 18.1. The number of para-hydroxylation sites is 1. The van der Waals surface area contributed by atoms with E-state index in [4.69, 9.17) is 4.74 Å². The number of rotatable bonds is 7. The Balaban J connectivity index is 1.89. The second-order valence-corrected chi connectivity index (χ2v) is 7.96. The smallest absolute Gasteiger partial charge is 0.255 e. The standard InChI is InChI=1S/C23H25F2N5O2/c1-30(2)10-8-13-11-27-23(31)18-19(13)29-20(14-7-9-26-12-16(14)25)21(18)28-17-6-4-5-15(24)22(17)32-3/h4-7,9,12-13,28-29H,8,10-11H2,1-3H3,(H,27,31)/t13-/m1/s1. The third-order valence-corrected chi connectivity index (χ3v) is 5.57. The van der Waals surface area contributed by atoms with Gasteiger partial charge in [-0.1, -0.05) is 6.07 Å². The molecule has 1 aromatic carbocycles. The molecule has 0 aliphatic carbocycles. The van der Waals surface area contributed by atoms with Gasteiger partial charge < -0.3 is 25.3 Å². The number of carbonyl (C=O) groups is 1. The summed E-state index contributed by atoms with van der Waals surface area (Å²) in [5.41, 5.74) is 2.45. The molecule has 0 saturated heterocycles. The zero-order chi connectivity index (χ0) is 22.8. The molecule has 1 atom stereocenters. The topological polar surface area (TPSA) is 82.3 Å². The maximum absolute atomic E-state index is 14.7. The highest BCUT2D eigenvalue weighted by atomic mass is 19.1. The number of amides is 1. The second kappa shape index (κ2) is 8.96. The van der Waals surface area contributed by atoms with Gasteiger partial charge in [-0.25, -0.2) is 8.78 Å². The highest BCUT2D eigenvalue weighted by molar-refractivity contribution is 6.06. The first-order valence-electron chi connectivity index (χ1n) is 10.3. The van der Waals surface area contributed by atoms with E-state index in [1.54, 1.807) is 6.07 Å². The molecule has 0 saturated carbocycles. The lowest BCUT2D eigenvalue weighted by Gasteiger charge is -2.25. The van der Waals surface area contributed by atoms with Gasteiger partial charge in [0.15, 0.2) is 17.4 Å². The number of halogens is 2.